The summed E-state index contributed by atoms with van der Waals surface area (Å²) in [6.45, 7) is 1.82. The van der Waals surface area contributed by atoms with Gasteiger partial charge in [-0.3, -0.25) is 4.79 Å². The molecule has 100 valence electrons. The Bertz CT molecular complexity index is 434. The van der Waals surface area contributed by atoms with Crippen LogP contribution in [-0.2, 0) is 9.53 Å². The van der Waals surface area contributed by atoms with E-state index in [-0.39, 0.29) is 17.2 Å². The number of nitrogens with zero attached hydrogens (tertiary/aromatic N) is 1. The minimum absolute atomic E-state index is 0.0575. The van der Waals surface area contributed by atoms with Crippen molar-refractivity contribution in [3.8, 4) is 0 Å². The molecule has 1 heterocycles. The number of hydrogen-bond donors (Lipinski definition) is 3. The molecule has 0 fully saturated rings. The van der Waals surface area contributed by atoms with Crippen molar-refractivity contribution in [3.63, 3.8) is 0 Å². The maximum absolute atomic E-state index is 11.5. The first kappa shape index (κ1) is 14.6. The van der Waals surface area contributed by atoms with E-state index < -0.39 is 30.5 Å². The summed E-state index contributed by atoms with van der Waals surface area (Å²) in [7, 11) is 0. The fraction of sp³-hybridized carbons (Fsp3) is 0.500. The van der Waals surface area contributed by atoms with Crippen LogP contribution < -0.4 is 5.73 Å². The van der Waals surface area contributed by atoms with E-state index in [1.54, 1.807) is 6.92 Å². The van der Waals surface area contributed by atoms with E-state index >= 15 is 0 Å². The average Bonchev–Trinajstić information content (AvgIpc) is 2.76. The topological polar surface area (TPSA) is 123 Å². The summed E-state index contributed by atoms with van der Waals surface area (Å²) in [5.74, 6) is -1.43. The zero-order valence-electron chi connectivity index (χ0n) is 9.70. The van der Waals surface area contributed by atoms with Crippen LogP contribution in [0.2, 0.25) is 0 Å². The standard InChI is InChI=1S/C10H14N2O5S/c1-2-17-10(16)7-9(18-4-12-7)8(15)5(13)3-6(11)14/h4-5,8,13,15H,2-3H2,1H3,(H2,11,14). The number of carbonyl (C=O) groups is 2. The first-order chi connectivity index (χ1) is 8.47. The molecule has 18 heavy (non-hydrogen) atoms. The smallest absolute Gasteiger partial charge is 0.358 e. The summed E-state index contributed by atoms with van der Waals surface area (Å²) in [5, 5.41) is 19.4. The quantitative estimate of drug-likeness (QED) is 0.606. The lowest BCUT2D eigenvalue weighted by Crippen LogP contribution is -2.26. The lowest BCUT2D eigenvalue weighted by atomic mass is 10.1. The molecule has 0 saturated carbocycles. The molecule has 1 rings (SSSR count). The van der Waals surface area contributed by atoms with Gasteiger partial charge in [0.2, 0.25) is 5.91 Å². The summed E-state index contributed by atoms with van der Waals surface area (Å²) >= 11 is 0.993. The minimum Gasteiger partial charge on any atom is -0.461 e. The van der Waals surface area contributed by atoms with Gasteiger partial charge in [0.1, 0.15) is 6.10 Å². The van der Waals surface area contributed by atoms with Gasteiger partial charge in [0.15, 0.2) is 5.69 Å². The first-order valence-corrected chi connectivity index (χ1v) is 6.10. The van der Waals surface area contributed by atoms with Gasteiger partial charge in [-0.25, -0.2) is 9.78 Å². The molecule has 1 aromatic rings. The Hall–Kier alpha value is -1.51. The van der Waals surface area contributed by atoms with E-state index in [1.165, 1.54) is 5.51 Å². The van der Waals surface area contributed by atoms with Crippen molar-refractivity contribution in [1.82, 2.24) is 4.98 Å². The van der Waals surface area contributed by atoms with Crippen LogP contribution in [0.3, 0.4) is 0 Å². The second-order valence-electron chi connectivity index (χ2n) is 3.47. The van der Waals surface area contributed by atoms with Crippen LogP contribution in [0.5, 0.6) is 0 Å². The van der Waals surface area contributed by atoms with E-state index in [9.17, 15) is 19.8 Å². The number of esters is 1. The molecule has 0 bridgehead atoms. The molecule has 0 saturated heterocycles. The molecule has 8 heteroatoms. The van der Waals surface area contributed by atoms with Crippen LogP contribution in [0.25, 0.3) is 0 Å². The number of primary amides is 1. The Kier molecular flexibility index (Phi) is 5.20. The van der Waals surface area contributed by atoms with Crippen molar-refractivity contribution in [1.29, 1.82) is 0 Å². The third-order valence-electron chi connectivity index (χ3n) is 2.11. The number of carbonyl (C=O) groups excluding carboxylic acids is 2. The molecule has 0 aliphatic carbocycles. The van der Waals surface area contributed by atoms with Crippen molar-refractivity contribution in [2.24, 2.45) is 5.73 Å². The number of nitrogens with two attached hydrogens (primary N) is 1. The monoisotopic (exact) mass is 274 g/mol. The van der Waals surface area contributed by atoms with Gasteiger partial charge >= 0.3 is 5.97 Å². The number of aromatic nitrogens is 1. The molecule has 0 aliphatic rings. The second kappa shape index (κ2) is 6.43. The Morgan fingerprint density at radius 1 is 1.56 bits per heavy atom. The summed E-state index contributed by atoms with van der Waals surface area (Å²) in [5.41, 5.74) is 6.21. The number of thiazole rings is 1. The Morgan fingerprint density at radius 2 is 2.22 bits per heavy atom. The van der Waals surface area contributed by atoms with Crippen LogP contribution in [0, 0.1) is 0 Å². The zero-order valence-corrected chi connectivity index (χ0v) is 10.5. The molecule has 0 spiro atoms. The zero-order chi connectivity index (χ0) is 13.7. The van der Waals surface area contributed by atoms with Crippen molar-refractivity contribution in [2.45, 2.75) is 25.6 Å². The summed E-state index contributed by atoms with van der Waals surface area (Å²) < 4.78 is 4.76. The van der Waals surface area contributed by atoms with Crippen molar-refractivity contribution < 1.29 is 24.5 Å². The normalized spacial score (nSPS) is 13.9. The second-order valence-corrected chi connectivity index (χ2v) is 4.35. The van der Waals surface area contributed by atoms with Crippen LogP contribution >= 0.6 is 11.3 Å². The highest BCUT2D eigenvalue weighted by Crippen LogP contribution is 2.26. The van der Waals surface area contributed by atoms with Gasteiger partial charge in [-0.05, 0) is 6.92 Å². The van der Waals surface area contributed by atoms with Crippen LogP contribution in [0.4, 0.5) is 0 Å². The van der Waals surface area contributed by atoms with Crippen molar-refractivity contribution >= 4 is 23.2 Å². The number of hydrogen-bond acceptors (Lipinski definition) is 7. The van der Waals surface area contributed by atoms with Gasteiger partial charge in [0.25, 0.3) is 0 Å². The van der Waals surface area contributed by atoms with Crippen LogP contribution in [-0.4, -0.2) is 39.8 Å². The van der Waals surface area contributed by atoms with Gasteiger partial charge in [-0.15, -0.1) is 11.3 Å². The van der Waals surface area contributed by atoms with Gasteiger partial charge in [0.05, 0.1) is 29.5 Å². The molecule has 2 atom stereocenters. The molecule has 7 nitrogen and oxygen atoms in total. The third kappa shape index (κ3) is 3.49. The predicted molar refractivity (Wildman–Crippen MR) is 62.8 cm³/mol. The van der Waals surface area contributed by atoms with E-state index in [1.807, 2.05) is 0 Å². The highest BCUT2D eigenvalue weighted by atomic mass is 32.1. The number of amides is 1. The largest absolute Gasteiger partial charge is 0.461 e. The lowest BCUT2D eigenvalue weighted by Gasteiger charge is -2.15. The van der Waals surface area contributed by atoms with Crippen molar-refractivity contribution in [2.75, 3.05) is 6.61 Å². The molecule has 4 N–H and O–H groups in total. The molecule has 1 aromatic heterocycles. The fourth-order valence-electron chi connectivity index (χ4n) is 1.31. The highest BCUT2D eigenvalue weighted by molar-refractivity contribution is 7.10. The van der Waals surface area contributed by atoms with Crippen molar-refractivity contribution in [3.05, 3.63) is 16.1 Å². The minimum atomic E-state index is -1.40. The number of ether oxygens (including phenoxy) is 1. The fourth-order valence-corrected chi connectivity index (χ4v) is 2.13. The molecule has 0 aliphatic heterocycles. The van der Waals surface area contributed by atoms with Gasteiger partial charge in [0, 0.05) is 0 Å². The van der Waals surface area contributed by atoms with E-state index in [4.69, 9.17) is 10.5 Å². The highest BCUT2D eigenvalue weighted by Gasteiger charge is 2.28. The summed E-state index contributed by atoms with van der Waals surface area (Å²) in [4.78, 5) is 26.1. The maximum Gasteiger partial charge on any atom is 0.358 e. The molecule has 2 unspecified atom stereocenters. The molecule has 0 radical (unpaired) electrons. The molecular formula is C10H14N2O5S. The first-order valence-electron chi connectivity index (χ1n) is 5.22. The van der Waals surface area contributed by atoms with E-state index in [2.05, 4.69) is 4.98 Å². The van der Waals surface area contributed by atoms with Gasteiger partial charge in [-0.1, -0.05) is 0 Å². The van der Waals surface area contributed by atoms with E-state index in [0.29, 0.717) is 0 Å². The molecular weight excluding hydrogens is 260 g/mol. The summed E-state index contributed by atoms with van der Waals surface area (Å²) in [6.07, 6.45) is -3.18. The SMILES string of the molecule is CCOC(=O)c1ncsc1C(O)C(O)CC(N)=O. The average molecular weight is 274 g/mol. The van der Waals surface area contributed by atoms with Crippen LogP contribution in [0.15, 0.2) is 5.51 Å². The number of aliphatic hydroxyl groups is 2. The Morgan fingerprint density at radius 3 is 2.78 bits per heavy atom. The molecule has 1 amide bonds. The van der Waals surface area contributed by atoms with Crippen LogP contribution in [0.1, 0.15) is 34.8 Å². The summed E-state index contributed by atoms with van der Waals surface area (Å²) in [6, 6.07) is 0. The maximum atomic E-state index is 11.5. The number of aliphatic hydroxyl groups excluding tert-OH is 2. The number of rotatable bonds is 6. The Labute approximate surface area is 107 Å². The molecule has 0 aromatic carbocycles. The Balaban J connectivity index is 2.86. The third-order valence-corrected chi connectivity index (χ3v) is 3.01. The van der Waals surface area contributed by atoms with E-state index in [0.717, 1.165) is 11.3 Å². The lowest BCUT2D eigenvalue weighted by molar-refractivity contribution is -0.121. The van der Waals surface area contributed by atoms with Gasteiger partial charge in [-0.2, -0.15) is 0 Å². The van der Waals surface area contributed by atoms with Gasteiger partial charge < -0.3 is 20.7 Å². The predicted octanol–water partition coefficient (Wildman–Crippen LogP) is -0.411.